The molecule has 0 bridgehead atoms. The monoisotopic (exact) mass is 293 g/mol. The molecule has 4 nitrogen and oxygen atoms in total. The molecule has 20 heavy (non-hydrogen) atoms. The predicted molar refractivity (Wildman–Crippen MR) is 76.3 cm³/mol. The number of halogens is 1. The minimum absolute atomic E-state index is 0.0277. The second-order valence-corrected chi connectivity index (χ2v) is 5.19. The number of methoxy groups -OCH3 is 1. The molecule has 1 aromatic rings. The van der Waals surface area contributed by atoms with Gasteiger partial charge < -0.3 is 9.64 Å². The van der Waals surface area contributed by atoms with Crippen LogP contribution >= 0.6 is 11.6 Å². The second kappa shape index (κ2) is 5.67. The lowest BCUT2D eigenvalue weighted by atomic mass is 9.84. The van der Waals surface area contributed by atoms with Crippen molar-refractivity contribution in [3.63, 3.8) is 0 Å². The average molecular weight is 294 g/mol. The van der Waals surface area contributed by atoms with Crippen LogP contribution in [0.5, 0.6) is 0 Å². The SMILES string of the molecule is COC(=O)C1=C(C)N(C)C(=O)CC1c1cccc(Cl)c1. The van der Waals surface area contributed by atoms with Crippen LogP contribution in [0, 0.1) is 0 Å². The third-order valence-electron chi connectivity index (χ3n) is 3.65. The highest BCUT2D eigenvalue weighted by Crippen LogP contribution is 2.36. The Hall–Kier alpha value is -1.81. The van der Waals surface area contributed by atoms with E-state index in [1.54, 1.807) is 26.1 Å². The normalized spacial score (nSPS) is 19.3. The zero-order valence-electron chi connectivity index (χ0n) is 11.6. The van der Waals surface area contributed by atoms with Crippen LogP contribution in [0.1, 0.15) is 24.8 Å². The fraction of sp³-hybridized carbons (Fsp3) is 0.333. The van der Waals surface area contributed by atoms with E-state index in [0.717, 1.165) is 5.56 Å². The Morgan fingerprint density at radius 3 is 2.75 bits per heavy atom. The number of hydrogen-bond donors (Lipinski definition) is 0. The lowest BCUT2D eigenvalue weighted by Gasteiger charge is -2.31. The number of benzene rings is 1. The van der Waals surface area contributed by atoms with Crippen LogP contribution in [0.3, 0.4) is 0 Å². The third-order valence-corrected chi connectivity index (χ3v) is 3.89. The minimum atomic E-state index is -0.410. The van der Waals surface area contributed by atoms with Gasteiger partial charge in [0.05, 0.1) is 12.7 Å². The van der Waals surface area contributed by atoms with Crippen LogP contribution in [-0.4, -0.2) is 30.9 Å². The summed E-state index contributed by atoms with van der Waals surface area (Å²) in [6.07, 6.45) is 0.235. The molecule has 0 radical (unpaired) electrons. The van der Waals surface area contributed by atoms with E-state index < -0.39 is 5.97 Å². The van der Waals surface area contributed by atoms with Gasteiger partial charge in [-0.2, -0.15) is 0 Å². The van der Waals surface area contributed by atoms with Crippen LogP contribution in [0.2, 0.25) is 5.02 Å². The molecule has 0 saturated carbocycles. The van der Waals surface area contributed by atoms with Gasteiger partial charge in [-0.25, -0.2) is 4.79 Å². The molecular formula is C15H16ClNO3. The average Bonchev–Trinajstić information content (AvgIpc) is 2.43. The van der Waals surface area contributed by atoms with Crippen LogP contribution < -0.4 is 0 Å². The first-order valence-electron chi connectivity index (χ1n) is 6.26. The Labute approximate surface area is 123 Å². The van der Waals surface area contributed by atoms with Crippen molar-refractivity contribution >= 4 is 23.5 Å². The first-order valence-corrected chi connectivity index (χ1v) is 6.64. The van der Waals surface area contributed by atoms with Gasteiger partial charge >= 0.3 is 5.97 Å². The molecule has 5 heteroatoms. The number of carbonyl (C=O) groups excluding carboxylic acids is 2. The van der Waals surface area contributed by atoms with Crippen molar-refractivity contribution in [2.24, 2.45) is 0 Å². The van der Waals surface area contributed by atoms with E-state index in [-0.39, 0.29) is 18.2 Å². The lowest BCUT2D eigenvalue weighted by Crippen LogP contribution is -2.35. The summed E-state index contributed by atoms with van der Waals surface area (Å²) in [4.78, 5) is 25.6. The van der Waals surface area contributed by atoms with Crippen LogP contribution in [0.25, 0.3) is 0 Å². The maximum atomic E-state index is 12.0. The molecule has 1 aromatic carbocycles. The summed E-state index contributed by atoms with van der Waals surface area (Å²) in [6, 6.07) is 7.22. The van der Waals surface area contributed by atoms with E-state index in [9.17, 15) is 9.59 Å². The summed E-state index contributed by atoms with van der Waals surface area (Å²) in [5.41, 5.74) is 1.98. The van der Waals surface area contributed by atoms with Crippen molar-refractivity contribution in [1.29, 1.82) is 0 Å². The van der Waals surface area contributed by atoms with Gasteiger partial charge in [0.25, 0.3) is 0 Å². The Bertz CT molecular complexity index is 595. The largest absolute Gasteiger partial charge is 0.466 e. The molecule has 0 aromatic heterocycles. The molecule has 1 amide bonds. The smallest absolute Gasteiger partial charge is 0.336 e. The van der Waals surface area contributed by atoms with Crippen LogP contribution in [0.15, 0.2) is 35.5 Å². The molecule has 0 saturated heterocycles. The molecule has 0 aliphatic carbocycles. The van der Waals surface area contributed by atoms with Gasteiger partial charge in [-0.05, 0) is 24.6 Å². The van der Waals surface area contributed by atoms with E-state index in [1.807, 2.05) is 12.1 Å². The van der Waals surface area contributed by atoms with Crippen molar-refractivity contribution in [3.8, 4) is 0 Å². The summed E-state index contributed by atoms with van der Waals surface area (Å²) < 4.78 is 4.86. The summed E-state index contributed by atoms with van der Waals surface area (Å²) in [5, 5.41) is 0.579. The number of allylic oxidation sites excluding steroid dienone is 1. The molecule has 1 atom stereocenters. The number of carbonyl (C=O) groups is 2. The molecular weight excluding hydrogens is 278 g/mol. The maximum Gasteiger partial charge on any atom is 0.336 e. The highest BCUT2D eigenvalue weighted by atomic mass is 35.5. The first kappa shape index (κ1) is 14.6. The summed E-state index contributed by atoms with van der Waals surface area (Å²) >= 11 is 6.00. The maximum absolute atomic E-state index is 12.0. The molecule has 2 rings (SSSR count). The Balaban J connectivity index is 2.55. The molecule has 106 valence electrons. The minimum Gasteiger partial charge on any atom is -0.466 e. The van der Waals surface area contributed by atoms with Crippen molar-refractivity contribution in [3.05, 3.63) is 46.1 Å². The fourth-order valence-electron chi connectivity index (χ4n) is 2.44. The number of nitrogens with zero attached hydrogens (tertiary/aromatic N) is 1. The first-order chi connectivity index (χ1) is 9.45. The van der Waals surface area contributed by atoms with Gasteiger partial charge in [-0.15, -0.1) is 0 Å². The third kappa shape index (κ3) is 2.56. The van der Waals surface area contributed by atoms with Crippen molar-refractivity contribution < 1.29 is 14.3 Å². The van der Waals surface area contributed by atoms with E-state index in [4.69, 9.17) is 16.3 Å². The number of hydrogen-bond acceptors (Lipinski definition) is 3. The lowest BCUT2D eigenvalue weighted by molar-refractivity contribution is -0.137. The van der Waals surface area contributed by atoms with Crippen molar-refractivity contribution in [1.82, 2.24) is 4.90 Å². The zero-order chi connectivity index (χ0) is 14.9. The van der Waals surface area contributed by atoms with Crippen LogP contribution in [-0.2, 0) is 14.3 Å². The highest BCUT2D eigenvalue weighted by Gasteiger charge is 2.35. The molecule has 1 unspecified atom stereocenters. The van der Waals surface area contributed by atoms with Gasteiger partial charge in [0.15, 0.2) is 0 Å². The zero-order valence-corrected chi connectivity index (χ0v) is 12.4. The summed E-state index contributed by atoms with van der Waals surface area (Å²) in [7, 11) is 3.00. The highest BCUT2D eigenvalue weighted by molar-refractivity contribution is 6.30. The van der Waals surface area contributed by atoms with Crippen molar-refractivity contribution in [2.75, 3.05) is 14.2 Å². The Kier molecular flexibility index (Phi) is 4.14. The van der Waals surface area contributed by atoms with Crippen LogP contribution in [0.4, 0.5) is 0 Å². The number of esters is 1. The molecule has 0 fully saturated rings. The number of ether oxygens (including phenoxy) is 1. The quantitative estimate of drug-likeness (QED) is 0.788. The Morgan fingerprint density at radius 1 is 1.45 bits per heavy atom. The second-order valence-electron chi connectivity index (χ2n) is 4.76. The number of rotatable bonds is 2. The summed E-state index contributed by atoms with van der Waals surface area (Å²) in [6.45, 7) is 1.75. The van der Waals surface area contributed by atoms with Gasteiger partial charge in [-0.1, -0.05) is 23.7 Å². The standard InChI is InChI=1S/C15H16ClNO3/c1-9-14(15(19)20-3)12(8-13(18)17(9)2)10-5-4-6-11(16)7-10/h4-7,12H,8H2,1-3H3. The predicted octanol–water partition coefficient (Wildman–Crippen LogP) is 2.73. The fourth-order valence-corrected chi connectivity index (χ4v) is 2.64. The van der Waals surface area contributed by atoms with E-state index in [0.29, 0.717) is 16.3 Å². The van der Waals surface area contributed by atoms with Gasteiger partial charge in [-0.3, -0.25) is 4.79 Å². The molecule has 0 N–H and O–H groups in total. The van der Waals surface area contributed by atoms with Gasteiger partial charge in [0.1, 0.15) is 0 Å². The molecule has 0 spiro atoms. The molecule has 1 aliphatic rings. The van der Waals surface area contributed by atoms with E-state index >= 15 is 0 Å². The van der Waals surface area contributed by atoms with Gasteiger partial charge in [0.2, 0.25) is 5.91 Å². The summed E-state index contributed by atoms with van der Waals surface area (Å²) in [5.74, 6) is -0.753. The molecule has 1 aliphatic heterocycles. The Morgan fingerprint density at radius 2 is 2.15 bits per heavy atom. The van der Waals surface area contributed by atoms with E-state index in [2.05, 4.69) is 0 Å². The van der Waals surface area contributed by atoms with Gasteiger partial charge in [0, 0.05) is 30.1 Å². The number of amides is 1. The molecule has 1 heterocycles. The van der Waals surface area contributed by atoms with E-state index in [1.165, 1.54) is 12.0 Å². The van der Waals surface area contributed by atoms with Crippen molar-refractivity contribution in [2.45, 2.75) is 19.3 Å². The topological polar surface area (TPSA) is 46.6 Å².